The summed E-state index contributed by atoms with van der Waals surface area (Å²) in [6.45, 7) is 0.000179. The van der Waals surface area contributed by atoms with E-state index < -0.39 is 5.91 Å². The van der Waals surface area contributed by atoms with Crippen molar-refractivity contribution in [2.75, 3.05) is 6.61 Å². The molecule has 0 aliphatic rings. The summed E-state index contributed by atoms with van der Waals surface area (Å²) < 4.78 is 4.80. The van der Waals surface area contributed by atoms with Crippen molar-refractivity contribution in [1.29, 1.82) is 0 Å². The normalized spacial score (nSPS) is 9.23. The molecular formula is C8H6ClNO3. The van der Waals surface area contributed by atoms with Crippen LogP contribution in [0.4, 0.5) is 0 Å². The molecule has 1 amide bonds. The van der Waals surface area contributed by atoms with E-state index in [0.29, 0.717) is 0 Å². The number of halogens is 1. The summed E-state index contributed by atoms with van der Waals surface area (Å²) >= 11 is 5.45. The summed E-state index contributed by atoms with van der Waals surface area (Å²) in [6, 6.07) is 2.88. The van der Waals surface area contributed by atoms with Crippen molar-refractivity contribution in [3.05, 3.63) is 23.1 Å². The van der Waals surface area contributed by atoms with Crippen LogP contribution in [-0.4, -0.2) is 12.5 Å². The molecule has 0 atom stereocenters. The van der Waals surface area contributed by atoms with Gasteiger partial charge in [-0.25, -0.2) is 5.48 Å². The smallest absolute Gasteiger partial charge is 0.310 e. The molecule has 0 fully saturated rings. The molecule has 1 N–H and O–H groups in total. The molecule has 1 rings (SSSR count). The van der Waals surface area contributed by atoms with E-state index in [9.17, 15) is 4.79 Å². The first-order valence-corrected chi connectivity index (χ1v) is 3.73. The fourth-order valence-electron chi connectivity index (χ4n) is 0.630. The van der Waals surface area contributed by atoms with Crippen LogP contribution < -0.4 is 5.48 Å². The number of hydrogen-bond acceptors (Lipinski definition) is 3. The van der Waals surface area contributed by atoms with Gasteiger partial charge in [0.2, 0.25) is 0 Å². The zero-order chi connectivity index (χ0) is 9.68. The third-order valence-corrected chi connectivity index (χ3v) is 1.32. The van der Waals surface area contributed by atoms with Gasteiger partial charge in [0, 0.05) is 0 Å². The maximum absolute atomic E-state index is 11.1. The molecule has 1 heterocycles. The highest BCUT2D eigenvalue weighted by atomic mass is 35.5. The van der Waals surface area contributed by atoms with Gasteiger partial charge in [0.1, 0.15) is 6.61 Å². The Hall–Kier alpha value is -1.44. The Morgan fingerprint density at radius 2 is 2.54 bits per heavy atom. The van der Waals surface area contributed by atoms with Gasteiger partial charge in [-0.3, -0.25) is 9.63 Å². The molecule has 13 heavy (non-hydrogen) atoms. The van der Waals surface area contributed by atoms with Crippen molar-refractivity contribution < 1.29 is 14.0 Å². The second-order valence-electron chi connectivity index (χ2n) is 2.03. The predicted octanol–water partition coefficient (Wildman–Crippen LogP) is 1.23. The first-order valence-electron chi connectivity index (χ1n) is 3.35. The van der Waals surface area contributed by atoms with E-state index in [1.807, 2.05) is 0 Å². The fourth-order valence-corrected chi connectivity index (χ4v) is 0.776. The molecule has 0 saturated heterocycles. The van der Waals surface area contributed by atoms with Crippen molar-refractivity contribution in [2.45, 2.75) is 0 Å². The number of hydrogen-bond donors (Lipinski definition) is 1. The van der Waals surface area contributed by atoms with Crippen LogP contribution in [-0.2, 0) is 4.84 Å². The minimum absolute atomic E-state index is 0.000179. The topological polar surface area (TPSA) is 51.5 Å². The van der Waals surface area contributed by atoms with Gasteiger partial charge in [-0.15, -0.1) is 6.42 Å². The number of nitrogens with one attached hydrogen (secondary N) is 1. The minimum Gasteiger partial charge on any atom is -0.439 e. The van der Waals surface area contributed by atoms with E-state index in [1.165, 1.54) is 12.1 Å². The minimum atomic E-state index is -0.526. The van der Waals surface area contributed by atoms with Crippen LogP contribution in [0.15, 0.2) is 16.5 Å². The van der Waals surface area contributed by atoms with E-state index in [2.05, 4.69) is 16.2 Å². The summed E-state index contributed by atoms with van der Waals surface area (Å²) in [5.74, 6) is 1.73. The predicted molar refractivity (Wildman–Crippen MR) is 46.0 cm³/mol. The average molecular weight is 200 g/mol. The van der Waals surface area contributed by atoms with Gasteiger partial charge in [0.05, 0.1) is 0 Å². The van der Waals surface area contributed by atoms with Crippen LogP contribution in [0.5, 0.6) is 0 Å². The summed E-state index contributed by atoms with van der Waals surface area (Å²) in [7, 11) is 0. The van der Waals surface area contributed by atoms with E-state index in [1.54, 1.807) is 0 Å². The number of hydroxylamine groups is 1. The Kier molecular flexibility index (Phi) is 3.38. The van der Waals surface area contributed by atoms with Gasteiger partial charge in [-0.05, 0) is 23.7 Å². The third-order valence-electron chi connectivity index (χ3n) is 1.12. The second kappa shape index (κ2) is 4.55. The lowest BCUT2D eigenvalue weighted by atomic mass is 10.4. The molecule has 0 spiro atoms. The molecule has 0 aliphatic carbocycles. The SMILES string of the molecule is C#CCONC(=O)c1ccc(Cl)o1. The standard InChI is InChI=1S/C8H6ClNO3/c1-2-5-12-10-8(11)6-3-4-7(9)13-6/h1,3-4H,5H2,(H,10,11). The van der Waals surface area contributed by atoms with Crippen LogP contribution in [0.2, 0.25) is 5.22 Å². The van der Waals surface area contributed by atoms with Gasteiger partial charge in [-0.1, -0.05) is 5.92 Å². The Bertz CT molecular complexity index is 339. The highest BCUT2D eigenvalue weighted by Crippen LogP contribution is 2.12. The van der Waals surface area contributed by atoms with E-state index in [4.69, 9.17) is 22.4 Å². The van der Waals surface area contributed by atoms with Gasteiger partial charge in [0.25, 0.3) is 0 Å². The zero-order valence-electron chi connectivity index (χ0n) is 6.54. The number of rotatable bonds is 3. The first kappa shape index (κ1) is 9.65. The number of furan rings is 1. The van der Waals surface area contributed by atoms with Crippen LogP contribution >= 0.6 is 11.6 Å². The molecule has 4 nitrogen and oxygen atoms in total. The first-order chi connectivity index (χ1) is 6.24. The van der Waals surface area contributed by atoms with E-state index >= 15 is 0 Å². The molecule has 0 bridgehead atoms. The van der Waals surface area contributed by atoms with Gasteiger partial charge in [0.15, 0.2) is 11.0 Å². The quantitative estimate of drug-likeness (QED) is 0.453. The lowest BCUT2D eigenvalue weighted by Gasteiger charge is -1.98. The summed E-state index contributed by atoms with van der Waals surface area (Å²) in [5.41, 5.74) is 2.08. The molecule has 0 aliphatic heterocycles. The molecule has 0 aromatic carbocycles. The highest BCUT2D eigenvalue weighted by Gasteiger charge is 2.09. The largest absolute Gasteiger partial charge is 0.439 e. The molecule has 0 radical (unpaired) electrons. The summed E-state index contributed by atoms with van der Waals surface area (Å²) in [5, 5.41) is 0.141. The summed E-state index contributed by atoms with van der Waals surface area (Å²) in [6.07, 6.45) is 4.89. The summed E-state index contributed by atoms with van der Waals surface area (Å²) in [4.78, 5) is 15.6. The Morgan fingerprint density at radius 3 is 3.08 bits per heavy atom. The van der Waals surface area contributed by atoms with E-state index in [-0.39, 0.29) is 17.6 Å². The Balaban J connectivity index is 2.45. The fraction of sp³-hybridized carbons (Fsp3) is 0.125. The van der Waals surface area contributed by atoms with E-state index in [0.717, 1.165) is 0 Å². The Labute approximate surface area is 79.8 Å². The van der Waals surface area contributed by atoms with Crippen molar-refractivity contribution in [3.63, 3.8) is 0 Å². The zero-order valence-corrected chi connectivity index (χ0v) is 7.30. The van der Waals surface area contributed by atoms with Crippen LogP contribution in [0, 0.1) is 12.3 Å². The number of carbonyl (C=O) groups is 1. The van der Waals surface area contributed by atoms with Gasteiger partial charge in [-0.2, -0.15) is 0 Å². The van der Waals surface area contributed by atoms with Gasteiger partial charge < -0.3 is 4.42 Å². The molecule has 68 valence electrons. The molecule has 0 saturated carbocycles. The molecule has 1 aromatic heterocycles. The lowest BCUT2D eigenvalue weighted by molar-refractivity contribution is 0.0412. The molecule has 1 aromatic rings. The maximum atomic E-state index is 11.1. The van der Waals surface area contributed by atoms with Crippen LogP contribution in [0.25, 0.3) is 0 Å². The molecule has 5 heteroatoms. The Morgan fingerprint density at radius 1 is 1.77 bits per heavy atom. The highest BCUT2D eigenvalue weighted by molar-refractivity contribution is 6.29. The monoisotopic (exact) mass is 199 g/mol. The average Bonchev–Trinajstić information content (AvgIpc) is 2.52. The van der Waals surface area contributed by atoms with Crippen molar-refractivity contribution >= 4 is 17.5 Å². The lowest BCUT2D eigenvalue weighted by Crippen LogP contribution is -2.23. The number of carbonyl (C=O) groups excluding carboxylic acids is 1. The number of terminal acetylenes is 1. The van der Waals surface area contributed by atoms with Crippen LogP contribution in [0.3, 0.4) is 0 Å². The number of amides is 1. The maximum Gasteiger partial charge on any atom is 0.310 e. The van der Waals surface area contributed by atoms with Crippen molar-refractivity contribution in [2.24, 2.45) is 0 Å². The van der Waals surface area contributed by atoms with Crippen molar-refractivity contribution in [3.8, 4) is 12.3 Å². The van der Waals surface area contributed by atoms with Crippen molar-refractivity contribution in [1.82, 2.24) is 5.48 Å². The van der Waals surface area contributed by atoms with Gasteiger partial charge >= 0.3 is 5.91 Å². The molecule has 0 unspecified atom stereocenters. The third kappa shape index (κ3) is 2.82. The molecular weight excluding hydrogens is 194 g/mol. The van der Waals surface area contributed by atoms with Crippen LogP contribution in [0.1, 0.15) is 10.6 Å². The second-order valence-corrected chi connectivity index (χ2v) is 2.40.